The van der Waals surface area contributed by atoms with Crippen molar-refractivity contribution in [1.82, 2.24) is 9.47 Å². The fraction of sp³-hybridized carbons (Fsp3) is 0.214. The first-order valence-electron chi connectivity index (χ1n) is 11.3. The second kappa shape index (κ2) is 9.83. The van der Waals surface area contributed by atoms with Gasteiger partial charge in [0.2, 0.25) is 0 Å². The van der Waals surface area contributed by atoms with Gasteiger partial charge in [0.15, 0.2) is 0 Å². The first kappa shape index (κ1) is 23.1. The molecule has 0 saturated heterocycles. The fourth-order valence-corrected chi connectivity index (χ4v) is 4.08. The number of amides is 2. The predicted octanol–water partition coefficient (Wildman–Crippen LogP) is 5.83. The van der Waals surface area contributed by atoms with Crippen LogP contribution in [0.1, 0.15) is 56.4 Å². The van der Waals surface area contributed by atoms with Crippen LogP contribution in [0.4, 0.5) is 5.69 Å². The van der Waals surface area contributed by atoms with Crippen LogP contribution in [-0.2, 0) is 6.54 Å². The van der Waals surface area contributed by atoms with Gasteiger partial charge in [-0.3, -0.25) is 9.59 Å². The minimum absolute atomic E-state index is 0.0509. The first-order valence-corrected chi connectivity index (χ1v) is 11.3. The second-order valence-corrected chi connectivity index (χ2v) is 8.49. The third-order valence-corrected chi connectivity index (χ3v) is 6.26. The highest BCUT2D eigenvalue weighted by atomic mass is 16.3. The summed E-state index contributed by atoms with van der Waals surface area (Å²) in [5, 5.41) is 2.94. The number of hydrogen-bond acceptors (Lipinski definition) is 3. The molecular formula is C28H29N3O3. The Morgan fingerprint density at radius 1 is 1.00 bits per heavy atom. The number of aromatic nitrogens is 1. The molecule has 0 radical (unpaired) electrons. The van der Waals surface area contributed by atoms with Crippen LogP contribution in [0.3, 0.4) is 0 Å². The molecule has 2 aromatic heterocycles. The zero-order valence-electron chi connectivity index (χ0n) is 19.9. The van der Waals surface area contributed by atoms with Crippen LogP contribution in [0.25, 0.3) is 0 Å². The van der Waals surface area contributed by atoms with Gasteiger partial charge in [-0.25, -0.2) is 0 Å². The van der Waals surface area contributed by atoms with Crippen molar-refractivity contribution in [3.63, 3.8) is 0 Å². The van der Waals surface area contributed by atoms with Gasteiger partial charge in [-0.15, -0.1) is 0 Å². The van der Waals surface area contributed by atoms with E-state index in [2.05, 4.69) is 9.88 Å². The zero-order chi connectivity index (χ0) is 24.2. The Morgan fingerprint density at radius 2 is 1.76 bits per heavy atom. The normalized spacial score (nSPS) is 11.8. The molecule has 4 rings (SSSR count). The summed E-state index contributed by atoms with van der Waals surface area (Å²) in [6.45, 7) is 6.52. The Bertz CT molecular complexity index is 1290. The summed E-state index contributed by atoms with van der Waals surface area (Å²) in [5.74, 6) is 0.626. The van der Waals surface area contributed by atoms with Gasteiger partial charge < -0.3 is 19.2 Å². The van der Waals surface area contributed by atoms with Crippen molar-refractivity contribution in [2.24, 2.45) is 0 Å². The molecule has 0 fully saturated rings. The van der Waals surface area contributed by atoms with Gasteiger partial charge in [0.1, 0.15) is 5.76 Å². The molecule has 174 valence electrons. The van der Waals surface area contributed by atoms with Crippen molar-refractivity contribution in [2.75, 3.05) is 12.4 Å². The van der Waals surface area contributed by atoms with Crippen LogP contribution < -0.4 is 5.32 Å². The number of carbonyl (C=O) groups is 2. The minimum Gasteiger partial charge on any atom is -0.467 e. The van der Waals surface area contributed by atoms with Crippen LogP contribution in [-0.4, -0.2) is 28.3 Å². The molecule has 6 heteroatoms. The predicted molar refractivity (Wildman–Crippen MR) is 133 cm³/mol. The number of furan rings is 1. The van der Waals surface area contributed by atoms with Crippen molar-refractivity contribution in [3.8, 4) is 0 Å². The lowest BCUT2D eigenvalue weighted by molar-refractivity contribution is 0.0741. The molecule has 6 nitrogen and oxygen atoms in total. The lowest BCUT2D eigenvalue weighted by Crippen LogP contribution is -2.30. The van der Waals surface area contributed by atoms with Crippen molar-refractivity contribution in [3.05, 3.63) is 113 Å². The van der Waals surface area contributed by atoms with E-state index in [0.717, 1.165) is 22.7 Å². The number of aryl methyl sites for hydroxylation is 1. The highest BCUT2D eigenvalue weighted by molar-refractivity contribution is 6.04. The molecule has 0 spiro atoms. The Morgan fingerprint density at radius 3 is 2.47 bits per heavy atom. The molecule has 2 heterocycles. The maximum Gasteiger partial charge on any atom is 0.255 e. The molecule has 0 saturated carbocycles. The third kappa shape index (κ3) is 4.81. The van der Waals surface area contributed by atoms with Gasteiger partial charge in [0.05, 0.1) is 24.4 Å². The van der Waals surface area contributed by atoms with Crippen LogP contribution >= 0.6 is 0 Å². The summed E-state index contributed by atoms with van der Waals surface area (Å²) < 4.78 is 7.57. The number of carbonyl (C=O) groups excluding carboxylic acids is 2. The van der Waals surface area contributed by atoms with Gasteiger partial charge in [0.25, 0.3) is 11.8 Å². The third-order valence-electron chi connectivity index (χ3n) is 6.26. The smallest absolute Gasteiger partial charge is 0.255 e. The summed E-state index contributed by atoms with van der Waals surface area (Å²) in [4.78, 5) is 27.7. The van der Waals surface area contributed by atoms with Crippen LogP contribution in [0, 0.1) is 13.8 Å². The molecule has 4 aromatic rings. The van der Waals surface area contributed by atoms with E-state index < -0.39 is 0 Å². The van der Waals surface area contributed by atoms with Gasteiger partial charge in [-0.2, -0.15) is 0 Å². The van der Waals surface area contributed by atoms with Gasteiger partial charge >= 0.3 is 0 Å². The highest BCUT2D eigenvalue weighted by Crippen LogP contribution is 2.26. The van der Waals surface area contributed by atoms with Crippen molar-refractivity contribution in [2.45, 2.75) is 33.4 Å². The van der Waals surface area contributed by atoms with E-state index in [1.165, 1.54) is 0 Å². The standard InChI is InChI=1S/C28H29N3O3/c1-19-16-26(21(3)31(19)18-25-14-9-15-34-25)28(33)30(4)20(2)23-12-8-13-24(17-23)29-27(32)22-10-6-5-7-11-22/h5-17,20H,18H2,1-4H3,(H,29,32). The molecule has 1 N–H and O–H groups in total. The number of hydrogen-bond donors (Lipinski definition) is 1. The van der Waals surface area contributed by atoms with Crippen LogP contribution in [0.15, 0.2) is 83.5 Å². The summed E-state index contributed by atoms with van der Waals surface area (Å²) >= 11 is 0. The highest BCUT2D eigenvalue weighted by Gasteiger charge is 2.23. The molecule has 34 heavy (non-hydrogen) atoms. The Kier molecular flexibility index (Phi) is 6.68. The molecule has 2 aromatic carbocycles. The molecular weight excluding hydrogens is 426 g/mol. The Labute approximate surface area is 199 Å². The molecule has 0 aliphatic heterocycles. The second-order valence-electron chi connectivity index (χ2n) is 8.49. The summed E-state index contributed by atoms with van der Waals surface area (Å²) in [7, 11) is 1.81. The number of anilines is 1. The summed E-state index contributed by atoms with van der Waals surface area (Å²) in [6.07, 6.45) is 1.65. The van der Waals surface area contributed by atoms with Crippen LogP contribution in [0.2, 0.25) is 0 Å². The average Bonchev–Trinajstić information content (AvgIpc) is 3.47. The monoisotopic (exact) mass is 455 g/mol. The van der Waals surface area contributed by atoms with Crippen molar-refractivity contribution < 1.29 is 14.0 Å². The maximum atomic E-state index is 13.4. The van der Waals surface area contributed by atoms with E-state index in [4.69, 9.17) is 4.42 Å². The Balaban J connectivity index is 1.50. The number of nitrogens with one attached hydrogen (secondary N) is 1. The van der Waals surface area contributed by atoms with Crippen molar-refractivity contribution in [1.29, 1.82) is 0 Å². The largest absolute Gasteiger partial charge is 0.467 e. The van der Waals surface area contributed by atoms with E-state index in [-0.39, 0.29) is 17.9 Å². The molecule has 2 amide bonds. The zero-order valence-corrected chi connectivity index (χ0v) is 19.9. The molecule has 0 aliphatic rings. The molecule has 1 unspecified atom stereocenters. The Hall–Kier alpha value is -4.06. The molecule has 0 bridgehead atoms. The summed E-state index contributed by atoms with van der Waals surface area (Å²) in [6, 6.07) is 22.2. The minimum atomic E-state index is -0.186. The van der Waals surface area contributed by atoms with Gasteiger partial charge in [0, 0.05) is 29.7 Å². The van der Waals surface area contributed by atoms with Crippen LogP contribution in [0.5, 0.6) is 0 Å². The number of rotatable bonds is 7. The quantitative estimate of drug-likeness (QED) is 0.381. The SMILES string of the molecule is Cc1cc(C(=O)N(C)C(C)c2cccc(NC(=O)c3ccccc3)c2)c(C)n1Cc1ccco1. The lowest BCUT2D eigenvalue weighted by atomic mass is 10.1. The molecule has 1 atom stereocenters. The van der Waals surface area contributed by atoms with E-state index in [1.807, 2.05) is 81.4 Å². The lowest BCUT2D eigenvalue weighted by Gasteiger charge is -2.26. The van der Waals surface area contributed by atoms with Gasteiger partial charge in [-0.1, -0.05) is 30.3 Å². The number of benzene rings is 2. The van der Waals surface area contributed by atoms with E-state index in [0.29, 0.717) is 23.4 Å². The maximum absolute atomic E-state index is 13.4. The van der Waals surface area contributed by atoms with E-state index >= 15 is 0 Å². The first-order chi connectivity index (χ1) is 16.3. The molecule has 0 aliphatic carbocycles. The summed E-state index contributed by atoms with van der Waals surface area (Å²) in [5.41, 5.74) is 4.80. The number of nitrogens with zero attached hydrogens (tertiary/aromatic N) is 2. The van der Waals surface area contributed by atoms with E-state index in [9.17, 15) is 9.59 Å². The topological polar surface area (TPSA) is 67.5 Å². The van der Waals surface area contributed by atoms with E-state index in [1.54, 1.807) is 30.3 Å². The average molecular weight is 456 g/mol. The van der Waals surface area contributed by atoms with Crippen molar-refractivity contribution >= 4 is 17.5 Å². The van der Waals surface area contributed by atoms with Gasteiger partial charge in [-0.05, 0) is 68.8 Å². The fourth-order valence-electron chi connectivity index (χ4n) is 4.08.